The van der Waals surface area contributed by atoms with Crippen molar-refractivity contribution in [3.05, 3.63) is 77.4 Å². The molecule has 4 rings (SSSR count). The molecule has 2 fully saturated rings. The van der Waals surface area contributed by atoms with E-state index < -0.39 is 17.7 Å². The number of nitrogens with zero attached hydrogens (tertiary/aromatic N) is 2. The van der Waals surface area contributed by atoms with Crippen LogP contribution in [0, 0.1) is 6.92 Å². The van der Waals surface area contributed by atoms with E-state index >= 15 is 0 Å². The molecule has 0 spiro atoms. The zero-order valence-electron chi connectivity index (χ0n) is 23.6. The molecule has 0 aliphatic carbocycles. The minimum absolute atomic E-state index is 0.0928. The lowest BCUT2D eigenvalue weighted by molar-refractivity contribution is -0.140. The normalized spacial score (nSPS) is 19.1. The largest absolute Gasteiger partial charge is 0.507 e. The van der Waals surface area contributed by atoms with Gasteiger partial charge in [0, 0.05) is 31.7 Å². The lowest BCUT2D eigenvalue weighted by atomic mass is 9.94. The predicted molar refractivity (Wildman–Crippen MR) is 155 cm³/mol. The zero-order chi connectivity index (χ0) is 28.5. The molecule has 40 heavy (non-hydrogen) atoms. The Morgan fingerprint density at radius 1 is 1.07 bits per heavy atom. The van der Waals surface area contributed by atoms with Crippen molar-refractivity contribution in [3.63, 3.8) is 0 Å². The Hall–Kier alpha value is -3.62. The summed E-state index contributed by atoms with van der Waals surface area (Å²) in [7, 11) is 0. The van der Waals surface area contributed by atoms with Crippen LogP contribution >= 0.6 is 0 Å². The monoisotopic (exact) mass is 548 g/mol. The minimum atomic E-state index is -0.702. The van der Waals surface area contributed by atoms with Crippen molar-refractivity contribution in [2.75, 3.05) is 52.6 Å². The van der Waals surface area contributed by atoms with Crippen LogP contribution in [0.15, 0.2) is 60.7 Å². The molecule has 1 amide bonds. The number of carbonyl (C=O) groups is 2. The average molecular weight is 549 g/mol. The second-order valence-electron chi connectivity index (χ2n) is 10.2. The molecular weight excluding hydrogens is 508 g/mol. The van der Waals surface area contributed by atoms with Crippen molar-refractivity contribution in [2.45, 2.75) is 39.2 Å². The summed E-state index contributed by atoms with van der Waals surface area (Å²) >= 11 is 0. The number of benzene rings is 2. The van der Waals surface area contributed by atoms with E-state index in [1.54, 1.807) is 29.2 Å². The van der Waals surface area contributed by atoms with Gasteiger partial charge in [0.05, 0.1) is 31.4 Å². The number of aliphatic hydroxyl groups excluding tert-OH is 1. The lowest BCUT2D eigenvalue weighted by Gasteiger charge is -2.29. The van der Waals surface area contributed by atoms with Gasteiger partial charge in [-0.3, -0.25) is 14.5 Å². The topological polar surface area (TPSA) is 88.5 Å². The quantitative estimate of drug-likeness (QED) is 0.125. The molecule has 0 bridgehead atoms. The highest BCUT2D eigenvalue weighted by atomic mass is 16.5. The van der Waals surface area contributed by atoms with Crippen LogP contribution in [0.2, 0.25) is 0 Å². The second kappa shape index (κ2) is 14.1. The number of Topliss-reactive ketones (excluding diaryl/α,β-unsaturated/α-hetero) is 1. The molecule has 2 saturated heterocycles. The third kappa shape index (κ3) is 6.92. The molecule has 2 aromatic carbocycles. The third-order valence-electron chi connectivity index (χ3n) is 7.28. The summed E-state index contributed by atoms with van der Waals surface area (Å²) in [6, 6.07) is 12.0. The molecule has 1 N–H and O–H groups in total. The number of aryl methyl sites for hydroxylation is 1. The van der Waals surface area contributed by atoms with Crippen LogP contribution in [0.3, 0.4) is 0 Å². The third-order valence-corrected chi connectivity index (χ3v) is 7.28. The second-order valence-corrected chi connectivity index (χ2v) is 10.2. The summed E-state index contributed by atoms with van der Waals surface area (Å²) in [5.74, 6) is -0.0793. The van der Waals surface area contributed by atoms with E-state index in [4.69, 9.17) is 14.2 Å². The Balaban J connectivity index is 1.65. The van der Waals surface area contributed by atoms with Crippen LogP contribution < -0.4 is 9.47 Å². The van der Waals surface area contributed by atoms with Gasteiger partial charge in [-0.05, 0) is 61.2 Å². The van der Waals surface area contributed by atoms with Gasteiger partial charge < -0.3 is 24.2 Å². The standard InChI is InChI=1S/C32H40N2O6/c1-4-6-19-39-26-11-8-24(9-12-26)29-28(30(35)25-10-13-27(23(3)22-25)40-18-5-2)31(36)32(37)34(29)15-7-14-33-16-20-38-21-17-33/h5,8-13,22,29,35H,2,4,6-7,14-21H2,1,3H3. The van der Waals surface area contributed by atoms with E-state index in [1.807, 2.05) is 31.2 Å². The molecule has 0 radical (unpaired) electrons. The lowest BCUT2D eigenvalue weighted by Crippen LogP contribution is -2.38. The van der Waals surface area contributed by atoms with Gasteiger partial charge in [-0.25, -0.2) is 0 Å². The molecule has 0 saturated carbocycles. The van der Waals surface area contributed by atoms with Crippen molar-refractivity contribution in [2.24, 2.45) is 0 Å². The van der Waals surface area contributed by atoms with Gasteiger partial charge >= 0.3 is 0 Å². The Labute approximate surface area is 236 Å². The number of ether oxygens (including phenoxy) is 3. The average Bonchev–Trinajstić information content (AvgIpc) is 3.22. The van der Waals surface area contributed by atoms with E-state index in [2.05, 4.69) is 18.4 Å². The highest BCUT2D eigenvalue weighted by Crippen LogP contribution is 2.40. The number of carbonyl (C=O) groups excluding carboxylic acids is 2. The van der Waals surface area contributed by atoms with Crippen molar-refractivity contribution < 1.29 is 28.9 Å². The number of morpholine rings is 1. The van der Waals surface area contributed by atoms with E-state index in [0.29, 0.717) is 50.7 Å². The first-order chi connectivity index (χ1) is 19.4. The van der Waals surface area contributed by atoms with Gasteiger partial charge in [-0.2, -0.15) is 0 Å². The summed E-state index contributed by atoms with van der Waals surface area (Å²) in [5, 5.41) is 11.5. The van der Waals surface area contributed by atoms with Crippen molar-refractivity contribution in [3.8, 4) is 11.5 Å². The molecule has 1 unspecified atom stereocenters. The number of hydrogen-bond donors (Lipinski definition) is 1. The van der Waals surface area contributed by atoms with E-state index in [-0.39, 0.29) is 11.3 Å². The molecule has 2 aliphatic rings. The Bertz CT molecular complexity index is 1220. The van der Waals surface area contributed by atoms with Crippen LogP contribution in [-0.2, 0) is 14.3 Å². The molecule has 214 valence electrons. The van der Waals surface area contributed by atoms with Gasteiger partial charge in [0.1, 0.15) is 23.9 Å². The SMILES string of the molecule is C=CCOc1ccc(C(O)=C2C(=O)C(=O)N(CCCN3CCOCC3)C2c2ccc(OCCCC)cc2)cc1C. The summed E-state index contributed by atoms with van der Waals surface area (Å²) in [5.41, 5.74) is 2.10. The van der Waals surface area contributed by atoms with Gasteiger partial charge in [0.15, 0.2) is 0 Å². The predicted octanol–water partition coefficient (Wildman–Crippen LogP) is 4.88. The van der Waals surface area contributed by atoms with Crippen LogP contribution in [0.1, 0.15) is 48.9 Å². The highest BCUT2D eigenvalue weighted by Gasteiger charge is 2.45. The first-order valence-electron chi connectivity index (χ1n) is 14.1. The summed E-state index contributed by atoms with van der Waals surface area (Å²) in [4.78, 5) is 30.7. The Morgan fingerprint density at radius 2 is 1.82 bits per heavy atom. The number of likely N-dealkylation sites (tertiary alicyclic amines) is 1. The van der Waals surface area contributed by atoms with Crippen molar-refractivity contribution in [1.29, 1.82) is 0 Å². The zero-order valence-corrected chi connectivity index (χ0v) is 23.6. The maximum Gasteiger partial charge on any atom is 0.295 e. The molecule has 8 heteroatoms. The Kier molecular flexibility index (Phi) is 10.4. The smallest absolute Gasteiger partial charge is 0.295 e. The molecule has 2 aliphatic heterocycles. The number of hydrogen-bond acceptors (Lipinski definition) is 7. The van der Waals surface area contributed by atoms with Gasteiger partial charge in [0.2, 0.25) is 0 Å². The van der Waals surface area contributed by atoms with E-state index in [9.17, 15) is 14.7 Å². The van der Waals surface area contributed by atoms with Gasteiger partial charge in [-0.1, -0.05) is 38.1 Å². The maximum atomic E-state index is 13.4. The molecule has 2 aromatic rings. The summed E-state index contributed by atoms with van der Waals surface area (Å²) < 4.78 is 16.9. The van der Waals surface area contributed by atoms with Crippen molar-refractivity contribution >= 4 is 17.4 Å². The van der Waals surface area contributed by atoms with Crippen LogP contribution in [-0.4, -0.2) is 79.2 Å². The van der Waals surface area contributed by atoms with Crippen LogP contribution in [0.4, 0.5) is 0 Å². The first-order valence-corrected chi connectivity index (χ1v) is 14.1. The number of unbranched alkanes of at least 4 members (excludes halogenated alkanes) is 1. The highest BCUT2D eigenvalue weighted by molar-refractivity contribution is 6.46. The maximum absolute atomic E-state index is 13.4. The summed E-state index contributed by atoms with van der Waals surface area (Å²) in [6.45, 7) is 12.9. The van der Waals surface area contributed by atoms with E-state index in [0.717, 1.165) is 49.4 Å². The fourth-order valence-corrected chi connectivity index (χ4v) is 5.09. The number of amides is 1. The van der Waals surface area contributed by atoms with Crippen LogP contribution in [0.5, 0.6) is 11.5 Å². The molecule has 2 heterocycles. The van der Waals surface area contributed by atoms with Gasteiger partial charge in [0.25, 0.3) is 11.7 Å². The van der Waals surface area contributed by atoms with Gasteiger partial charge in [-0.15, -0.1) is 0 Å². The summed E-state index contributed by atoms with van der Waals surface area (Å²) in [6.07, 6.45) is 4.37. The van der Waals surface area contributed by atoms with E-state index in [1.165, 1.54) is 0 Å². The number of rotatable bonds is 13. The van der Waals surface area contributed by atoms with Crippen LogP contribution in [0.25, 0.3) is 5.76 Å². The fourth-order valence-electron chi connectivity index (χ4n) is 5.09. The number of ketones is 1. The minimum Gasteiger partial charge on any atom is -0.507 e. The Morgan fingerprint density at radius 3 is 2.50 bits per heavy atom. The van der Waals surface area contributed by atoms with Crippen molar-refractivity contribution in [1.82, 2.24) is 9.80 Å². The molecular formula is C32H40N2O6. The molecule has 8 nitrogen and oxygen atoms in total. The fraction of sp³-hybridized carbons (Fsp3) is 0.438. The molecule has 1 atom stereocenters. The first kappa shape index (κ1) is 29.4. The molecule has 0 aromatic heterocycles. The number of aliphatic hydroxyl groups is 1.